The van der Waals surface area contributed by atoms with Crippen LogP contribution in [0.5, 0.6) is 0 Å². The third kappa shape index (κ3) is 1.03. The molecule has 0 saturated heterocycles. The summed E-state index contributed by atoms with van der Waals surface area (Å²) in [5.74, 6) is -0.184. The molecule has 0 atom stereocenters. The molecule has 0 aromatic carbocycles. The Morgan fingerprint density at radius 1 is 1.55 bits per heavy atom. The van der Waals surface area contributed by atoms with E-state index in [1.54, 1.807) is 4.68 Å². The molecule has 2 rings (SSSR count). The quantitative estimate of drug-likeness (QED) is 0.543. The average Bonchev–Trinajstić information content (AvgIpc) is 2.33. The summed E-state index contributed by atoms with van der Waals surface area (Å²) >= 11 is 0. The lowest BCUT2D eigenvalue weighted by atomic mass is 10.3. The van der Waals surface area contributed by atoms with Crippen LogP contribution in [0.1, 0.15) is 5.69 Å². The monoisotopic (exact) mass is 155 g/mol. The van der Waals surface area contributed by atoms with Crippen LogP contribution in [0.15, 0.2) is 6.20 Å². The molecule has 0 spiro atoms. The molecule has 0 fully saturated rings. The zero-order chi connectivity index (χ0) is 7.84. The molecule has 1 aromatic rings. The van der Waals surface area contributed by atoms with Gasteiger partial charge in [-0.1, -0.05) is 0 Å². The summed E-state index contributed by atoms with van der Waals surface area (Å²) in [6.07, 6.45) is 1.29. The first-order valence-corrected chi connectivity index (χ1v) is 3.66. The number of aromatic nitrogens is 2. The molecule has 0 amide bonds. The Morgan fingerprint density at radius 3 is 3.18 bits per heavy atom. The molecule has 0 radical (unpaired) electrons. The minimum atomic E-state index is -0.184. The van der Waals surface area contributed by atoms with E-state index in [0.29, 0.717) is 12.2 Å². The Bertz CT molecular complexity index is 269. The van der Waals surface area contributed by atoms with E-state index < -0.39 is 0 Å². The van der Waals surface area contributed by atoms with Gasteiger partial charge in [0.05, 0.1) is 18.4 Å². The lowest BCUT2D eigenvalue weighted by Crippen LogP contribution is -2.31. The third-order valence-electron chi connectivity index (χ3n) is 2.01. The second-order valence-corrected chi connectivity index (χ2v) is 2.90. The van der Waals surface area contributed by atoms with Crippen LogP contribution in [0.3, 0.4) is 0 Å². The fraction of sp³-hybridized carbons (Fsp3) is 0.571. The summed E-state index contributed by atoms with van der Waals surface area (Å²) in [7, 11) is 1.98. The van der Waals surface area contributed by atoms with Crippen LogP contribution in [-0.2, 0) is 13.1 Å². The SMILES string of the molecule is CN1CCn2ncc(F)c2C1. The Hall–Kier alpha value is -0.900. The molecule has 4 heteroatoms. The van der Waals surface area contributed by atoms with E-state index in [2.05, 4.69) is 10.00 Å². The van der Waals surface area contributed by atoms with E-state index in [4.69, 9.17) is 0 Å². The number of nitrogens with zero attached hydrogens (tertiary/aromatic N) is 3. The highest BCUT2D eigenvalue weighted by Gasteiger charge is 2.17. The number of hydrogen-bond donors (Lipinski definition) is 0. The lowest BCUT2D eigenvalue weighted by Gasteiger charge is -2.22. The summed E-state index contributed by atoms with van der Waals surface area (Å²) < 4.78 is 14.6. The van der Waals surface area contributed by atoms with Crippen molar-refractivity contribution in [2.75, 3.05) is 13.6 Å². The Balaban J connectivity index is 2.37. The van der Waals surface area contributed by atoms with E-state index in [9.17, 15) is 4.39 Å². The van der Waals surface area contributed by atoms with Gasteiger partial charge in [0, 0.05) is 13.1 Å². The maximum Gasteiger partial charge on any atom is 0.165 e. The molecule has 11 heavy (non-hydrogen) atoms. The van der Waals surface area contributed by atoms with Crippen LogP contribution in [0.4, 0.5) is 4.39 Å². The van der Waals surface area contributed by atoms with Gasteiger partial charge in [-0.25, -0.2) is 4.39 Å². The summed E-state index contributed by atoms with van der Waals surface area (Å²) in [5, 5.41) is 3.91. The maximum absolute atomic E-state index is 12.9. The highest BCUT2D eigenvalue weighted by atomic mass is 19.1. The molecule has 0 aliphatic carbocycles. The molecule has 1 aliphatic heterocycles. The first-order valence-electron chi connectivity index (χ1n) is 3.66. The van der Waals surface area contributed by atoms with Crippen molar-refractivity contribution >= 4 is 0 Å². The van der Waals surface area contributed by atoms with Crippen molar-refractivity contribution in [2.45, 2.75) is 13.1 Å². The van der Waals surface area contributed by atoms with Gasteiger partial charge in [0.25, 0.3) is 0 Å². The third-order valence-corrected chi connectivity index (χ3v) is 2.01. The molecule has 3 nitrogen and oxygen atoms in total. The number of rotatable bonds is 0. The molecule has 0 unspecified atom stereocenters. The summed E-state index contributed by atoms with van der Waals surface area (Å²) in [6.45, 7) is 2.43. The first kappa shape index (κ1) is 6.79. The molecular weight excluding hydrogens is 145 g/mol. The van der Waals surface area contributed by atoms with E-state index in [1.807, 2.05) is 7.05 Å². The van der Waals surface area contributed by atoms with Gasteiger partial charge in [-0.2, -0.15) is 5.10 Å². The van der Waals surface area contributed by atoms with Gasteiger partial charge in [-0.3, -0.25) is 9.58 Å². The zero-order valence-electron chi connectivity index (χ0n) is 6.42. The van der Waals surface area contributed by atoms with Gasteiger partial charge in [0.1, 0.15) is 0 Å². The van der Waals surface area contributed by atoms with Crippen molar-refractivity contribution in [1.82, 2.24) is 14.7 Å². The number of likely N-dealkylation sites (N-methyl/N-ethyl adjacent to an activating group) is 1. The van der Waals surface area contributed by atoms with Gasteiger partial charge < -0.3 is 0 Å². The number of hydrogen-bond acceptors (Lipinski definition) is 2. The van der Waals surface area contributed by atoms with Crippen molar-refractivity contribution in [3.8, 4) is 0 Å². The van der Waals surface area contributed by atoms with Crippen LogP contribution in [-0.4, -0.2) is 28.3 Å². The fourth-order valence-corrected chi connectivity index (χ4v) is 1.34. The standard InChI is InChI=1S/C7H10FN3/c1-10-2-3-11-7(5-10)6(8)4-9-11/h4H,2-3,5H2,1H3. The van der Waals surface area contributed by atoms with Gasteiger partial charge in [0.15, 0.2) is 5.82 Å². The van der Waals surface area contributed by atoms with E-state index in [0.717, 1.165) is 13.1 Å². The summed E-state index contributed by atoms with van der Waals surface area (Å²) in [6, 6.07) is 0. The summed E-state index contributed by atoms with van der Waals surface area (Å²) in [4.78, 5) is 2.08. The van der Waals surface area contributed by atoms with Crippen LogP contribution in [0.2, 0.25) is 0 Å². The van der Waals surface area contributed by atoms with Crippen LogP contribution in [0.25, 0.3) is 0 Å². The molecular formula is C7H10FN3. The zero-order valence-corrected chi connectivity index (χ0v) is 6.42. The molecule has 0 bridgehead atoms. The highest BCUT2D eigenvalue weighted by Crippen LogP contribution is 2.12. The van der Waals surface area contributed by atoms with E-state index >= 15 is 0 Å². The fourth-order valence-electron chi connectivity index (χ4n) is 1.34. The maximum atomic E-state index is 12.9. The second-order valence-electron chi connectivity index (χ2n) is 2.90. The minimum Gasteiger partial charge on any atom is -0.299 e. The van der Waals surface area contributed by atoms with Gasteiger partial charge in [0.2, 0.25) is 0 Å². The van der Waals surface area contributed by atoms with Crippen LogP contribution < -0.4 is 0 Å². The number of halogens is 1. The van der Waals surface area contributed by atoms with Crippen LogP contribution >= 0.6 is 0 Å². The molecule has 1 aromatic heterocycles. The van der Waals surface area contributed by atoms with E-state index in [1.165, 1.54) is 6.20 Å². The van der Waals surface area contributed by atoms with Crippen molar-refractivity contribution < 1.29 is 4.39 Å². The van der Waals surface area contributed by atoms with Crippen molar-refractivity contribution in [3.05, 3.63) is 17.7 Å². The van der Waals surface area contributed by atoms with E-state index in [-0.39, 0.29) is 5.82 Å². The molecule has 1 aliphatic rings. The number of fused-ring (bicyclic) bond motifs is 1. The first-order chi connectivity index (χ1) is 5.27. The lowest BCUT2D eigenvalue weighted by molar-refractivity contribution is 0.253. The Kier molecular flexibility index (Phi) is 1.42. The van der Waals surface area contributed by atoms with Gasteiger partial charge >= 0.3 is 0 Å². The molecule has 0 saturated carbocycles. The van der Waals surface area contributed by atoms with Crippen molar-refractivity contribution in [1.29, 1.82) is 0 Å². The predicted molar refractivity (Wildman–Crippen MR) is 38.5 cm³/mol. The molecule has 60 valence electrons. The van der Waals surface area contributed by atoms with Crippen LogP contribution in [0, 0.1) is 5.82 Å². The average molecular weight is 155 g/mol. The normalized spacial score (nSPS) is 18.4. The largest absolute Gasteiger partial charge is 0.299 e. The predicted octanol–water partition coefficient (Wildman–Crippen LogP) is 0.468. The van der Waals surface area contributed by atoms with Gasteiger partial charge in [-0.05, 0) is 7.05 Å². The second kappa shape index (κ2) is 2.30. The smallest absolute Gasteiger partial charge is 0.165 e. The minimum absolute atomic E-state index is 0.184. The topological polar surface area (TPSA) is 21.1 Å². The Morgan fingerprint density at radius 2 is 2.36 bits per heavy atom. The van der Waals surface area contributed by atoms with Crippen molar-refractivity contribution in [2.24, 2.45) is 0 Å². The van der Waals surface area contributed by atoms with Crippen molar-refractivity contribution in [3.63, 3.8) is 0 Å². The molecule has 0 N–H and O–H groups in total. The highest BCUT2D eigenvalue weighted by molar-refractivity contribution is 5.05. The molecule has 2 heterocycles. The summed E-state index contributed by atoms with van der Waals surface area (Å²) in [5.41, 5.74) is 0.707. The Labute approximate surface area is 64.4 Å². The van der Waals surface area contributed by atoms with Gasteiger partial charge in [-0.15, -0.1) is 0 Å².